The molecule has 0 saturated heterocycles. The zero-order valence-corrected chi connectivity index (χ0v) is 11.7. The molecule has 1 aromatic carbocycles. The number of hydrogen-bond donors (Lipinski definition) is 0. The van der Waals surface area contributed by atoms with E-state index in [2.05, 4.69) is 24.0 Å². The molecular weight excluding hydrogens is 246 g/mol. The molecule has 0 bridgehead atoms. The van der Waals surface area contributed by atoms with Crippen molar-refractivity contribution in [3.8, 4) is 0 Å². The quantitative estimate of drug-likeness (QED) is 0.612. The number of ether oxygens (including phenoxy) is 2. The first-order valence-electron chi connectivity index (χ1n) is 5.79. The molecule has 0 atom stereocenters. The van der Waals surface area contributed by atoms with Crippen LogP contribution >= 0.6 is 11.8 Å². The van der Waals surface area contributed by atoms with Gasteiger partial charge in [-0.1, -0.05) is 18.2 Å². The van der Waals surface area contributed by atoms with Crippen molar-refractivity contribution in [3.63, 3.8) is 0 Å². The van der Waals surface area contributed by atoms with Gasteiger partial charge in [0.05, 0.1) is 16.3 Å². The molecule has 3 nitrogen and oxygen atoms in total. The molecule has 96 valence electrons. The van der Waals surface area contributed by atoms with Gasteiger partial charge in [-0.15, -0.1) is 11.8 Å². The van der Waals surface area contributed by atoms with Crippen LogP contribution in [-0.2, 0) is 9.47 Å². The molecule has 0 fully saturated rings. The fraction of sp³-hybridized carbons (Fsp3) is 0.357. The van der Waals surface area contributed by atoms with Crippen molar-refractivity contribution in [2.45, 2.75) is 18.2 Å². The largest absolute Gasteiger partial charge is 0.355 e. The highest BCUT2D eigenvalue weighted by atomic mass is 32.2. The van der Waals surface area contributed by atoms with Gasteiger partial charge >= 0.3 is 0 Å². The molecule has 0 radical (unpaired) electrons. The van der Waals surface area contributed by atoms with Crippen LogP contribution in [0.5, 0.6) is 0 Å². The van der Waals surface area contributed by atoms with Crippen molar-refractivity contribution in [2.24, 2.45) is 0 Å². The molecule has 4 heteroatoms. The second-order valence-corrected chi connectivity index (χ2v) is 5.05. The van der Waals surface area contributed by atoms with Crippen LogP contribution in [0.1, 0.15) is 5.56 Å². The number of hydrogen-bond acceptors (Lipinski definition) is 4. The summed E-state index contributed by atoms with van der Waals surface area (Å²) < 4.78 is 10.3. The number of thioether (sulfide) groups is 1. The maximum Gasteiger partial charge on any atom is 0.166 e. The lowest BCUT2D eigenvalue weighted by molar-refractivity contribution is -0.0842. The van der Waals surface area contributed by atoms with Gasteiger partial charge in [0.15, 0.2) is 6.29 Å². The van der Waals surface area contributed by atoms with E-state index in [0.29, 0.717) is 0 Å². The standard InChI is InChI=1S/C14H17NO2S/c1-10-8-13(18-9-14(16-2)17-3)15-12-7-5-4-6-11(10)12/h4-8,14H,9H2,1-3H3. The van der Waals surface area contributed by atoms with E-state index in [-0.39, 0.29) is 6.29 Å². The Hall–Kier alpha value is -1.10. The predicted octanol–water partition coefficient (Wildman–Crippen LogP) is 3.25. The lowest BCUT2D eigenvalue weighted by atomic mass is 10.1. The maximum atomic E-state index is 5.17. The van der Waals surface area contributed by atoms with Crippen molar-refractivity contribution in [1.29, 1.82) is 0 Å². The number of nitrogens with zero attached hydrogens (tertiary/aromatic N) is 1. The average Bonchev–Trinajstić information content (AvgIpc) is 2.40. The Kier molecular flexibility index (Phi) is 4.58. The monoisotopic (exact) mass is 263 g/mol. The minimum Gasteiger partial charge on any atom is -0.355 e. The summed E-state index contributed by atoms with van der Waals surface area (Å²) in [4.78, 5) is 4.63. The highest BCUT2D eigenvalue weighted by molar-refractivity contribution is 7.99. The highest BCUT2D eigenvalue weighted by Crippen LogP contribution is 2.24. The number of pyridine rings is 1. The van der Waals surface area contributed by atoms with Crippen molar-refractivity contribution < 1.29 is 9.47 Å². The number of rotatable bonds is 5. The number of aromatic nitrogens is 1. The maximum absolute atomic E-state index is 5.17. The topological polar surface area (TPSA) is 31.4 Å². The van der Waals surface area contributed by atoms with Crippen molar-refractivity contribution in [3.05, 3.63) is 35.9 Å². The molecule has 0 saturated carbocycles. The molecule has 0 aliphatic heterocycles. The molecular formula is C14H17NO2S. The summed E-state index contributed by atoms with van der Waals surface area (Å²) in [7, 11) is 3.29. The normalized spacial score (nSPS) is 11.3. The van der Waals surface area contributed by atoms with Gasteiger partial charge in [0.25, 0.3) is 0 Å². The number of methoxy groups -OCH3 is 2. The van der Waals surface area contributed by atoms with Crippen LogP contribution < -0.4 is 0 Å². The third-order valence-electron chi connectivity index (χ3n) is 2.79. The van der Waals surface area contributed by atoms with E-state index in [9.17, 15) is 0 Å². The Morgan fingerprint density at radius 1 is 1.22 bits per heavy atom. The molecule has 0 N–H and O–H groups in total. The summed E-state index contributed by atoms with van der Waals surface area (Å²) >= 11 is 1.65. The summed E-state index contributed by atoms with van der Waals surface area (Å²) in [6.45, 7) is 2.11. The van der Waals surface area contributed by atoms with Crippen molar-refractivity contribution in [1.82, 2.24) is 4.98 Å². The van der Waals surface area contributed by atoms with Crippen LogP contribution in [0.4, 0.5) is 0 Å². The van der Waals surface area contributed by atoms with Gasteiger partial charge in [-0.05, 0) is 24.6 Å². The first-order valence-corrected chi connectivity index (χ1v) is 6.78. The van der Waals surface area contributed by atoms with E-state index < -0.39 is 0 Å². The lowest BCUT2D eigenvalue weighted by Crippen LogP contribution is -2.15. The summed E-state index contributed by atoms with van der Waals surface area (Å²) in [6.07, 6.45) is -0.191. The van der Waals surface area contributed by atoms with Gasteiger partial charge in [0.1, 0.15) is 0 Å². The molecule has 0 unspecified atom stereocenters. The van der Waals surface area contributed by atoms with E-state index in [1.54, 1.807) is 26.0 Å². The van der Waals surface area contributed by atoms with E-state index in [1.807, 2.05) is 18.2 Å². The third-order valence-corrected chi connectivity index (χ3v) is 3.74. The summed E-state index contributed by atoms with van der Waals surface area (Å²) in [5.74, 6) is 0.734. The lowest BCUT2D eigenvalue weighted by Gasteiger charge is -2.12. The molecule has 0 aliphatic rings. The van der Waals surface area contributed by atoms with Crippen molar-refractivity contribution in [2.75, 3.05) is 20.0 Å². The SMILES string of the molecule is COC(CSc1cc(C)c2ccccc2n1)OC. The van der Waals surface area contributed by atoms with Gasteiger partial charge < -0.3 is 9.47 Å². The number of fused-ring (bicyclic) bond motifs is 1. The summed E-state index contributed by atoms with van der Waals surface area (Å²) in [6, 6.07) is 10.3. The molecule has 1 heterocycles. The molecule has 0 aliphatic carbocycles. The Morgan fingerprint density at radius 2 is 1.94 bits per heavy atom. The van der Waals surface area contributed by atoms with Crippen LogP contribution in [-0.4, -0.2) is 31.2 Å². The number of aryl methyl sites for hydroxylation is 1. The van der Waals surface area contributed by atoms with E-state index in [0.717, 1.165) is 16.3 Å². The van der Waals surface area contributed by atoms with Gasteiger partial charge in [-0.2, -0.15) is 0 Å². The third kappa shape index (κ3) is 3.02. The molecule has 1 aromatic heterocycles. The van der Waals surface area contributed by atoms with Crippen LogP contribution in [0.2, 0.25) is 0 Å². The highest BCUT2D eigenvalue weighted by Gasteiger charge is 2.08. The summed E-state index contributed by atoms with van der Waals surface area (Å²) in [5.41, 5.74) is 2.28. The van der Waals surface area contributed by atoms with E-state index >= 15 is 0 Å². The second kappa shape index (κ2) is 6.18. The van der Waals surface area contributed by atoms with Crippen LogP contribution in [0, 0.1) is 6.92 Å². The fourth-order valence-electron chi connectivity index (χ4n) is 1.78. The van der Waals surface area contributed by atoms with Crippen molar-refractivity contribution >= 4 is 22.7 Å². The Balaban J connectivity index is 2.19. The first kappa shape index (κ1) is 13.3. The second-order valence-electron chi connectivity index (χ2n) is 4.01. The fourth-order valence-corrected chi connectivity index (χ4v) is 2.78. The van der Waals surface area contributed by atoms with E-state index in [4.69, 9.17) is 9.47 Å². The van der Waals surface area contributed by atoms with Gasteiger partial charge in [0, 0.05) is 19.6 Å². The molecule has 18 heavy (non-hydrogen) atoms. The molecule has 2 aromatic rings. The molecule has 0 amide bonds. The first-order chi connectivity index (χ1) is 8.74. The zero-order valence-electron chi connectivity index (χ0n) is 10.8. The average molecular weight is 263 g/mol. The van der Waals surface area contributed by atoms with Crippen LogP contribution in [0.25, 0.3) is 10.9 Å². The molecule has 2 rings (SSSR count). The summed E-state index contributed by atoms with van der Waals surface area (Å²) in [5, 5.41) is 2.21. The smallest absolute Gasteiger partial charge is 0.166 e. The zero-order chi connectivity index (χ0) is 13.0. The Labute approximate surface area is 112 Å². The minimum atomic E-state index is -0.191. The van der Waals surface area contributed by atoms with Gasteiger partial charge in [-0.25, -0.2) is 4.98 Å². The van der Waals surface area contributed by atoms with Gasteiger partial charge in [-0.3, -0.25) is 0 Å². The Morgan fingerprint density at radius 3 is 2.67 bits per heavy atom. The predicted molar refractivity (Wildman–Crippen MR) is 75.0 cm³/mol. The number of para-hydroxylation sites is 1. The van der Waals surface area contributed by atoms with Gasteiger partial charge in [0.2, 0.25) is 0 Å². The minimum absolute atomic E-state index is 0.191. The van der Waals surface area contributed by atoms with Crippen LogP contribution in [0.3, 0.4) is 0 Å². The Bertz CT molecular complexity index is 526. The molecule has 0 spiro atoms. The number of benzene rings is 1. The van der Waals surface area contributed by atoms with E-state index in [1.165, 1.54) is 10.9 Å². The van der Waals surface area contributed by atoms with Crippen LogP contribution in [0.15, 0.2) is 35.4 Å².